The van der Waals surface area contributed by atoms with Crippen molar-refractivity contribution in [3.63, 3.8) is 0 Å². The first-order chi connectivity index (χ1) is 6.02. The van der Waals surface area contributed by atoms with Gasteiger partial charge in [0.05, 0.1) is 18.7 Å². The fourth-order valence-electron chi connectivity index (χ4n) is 1.42. The average molecular weight is 206 g/mol. The Morgan fingerprint density at radius 3 is 2.62 bits per heavy atom. The number of halogens is 1. The summed E-state index contributed by atoms with van der Waals surface area (Å²) in [4.78, 5) is 13.2. The van der Waals surface area contributed by atoms with Crippen LogP contribution in [0.3, 0.4) is 0 Å². The van der Waals surface area contributed by atoms with E-state index in [1.165, 1.54) is 0 Å². The number of alkyl halides is 1. The number of nitrogens with zero attached hydrogens (tertiary/aromatic N) is 1. The first-order valence-electron chi connectivity index (χ1n) is 4.59. The molecule has 0 radical (unpaired) electrons. The van der Waals surface area contributed by atoms with E-state index in [-0.39, 0.29) is 11.8 Å². The molecular weight excluding hydrogens is 190 g/mol. The van der Waals surface area contributed by atoms with Gasteiger partial charge in [0.25, 0.3) is 0 Å². The van der Waals surface area contributed by atoms with Crippen LogP contribution in [-0.4, -0.2) is 40.5 Å². The fourth-order valence-corrected chi connectivity index (χ4v) is 1.55. The minimum Gasteiger partial charge on any atom is -0.386 e. The van der Waals surface area contributed by atoms with Gasteiger partial charge in [0.2, 0.25) is 5.91 Å². The Hall–Kier alpha value is -0.280. The first kappa shape index (κ1) is 10.8. The molecule has 1 aliphatic heterocycles. The van der Waals surface area contributed by atoms with E-state index >= 15 is 0 Å². The summed E-state index contributed by atoms with van der Waals surface area (Å²) in [7, 11) is 0. The molecule has 1 unspecified atom stereocenters. The van der Waals surface area contributed by atoms with Crippen molar-refractivity contribution in [1.82, 2.24) is 4.90 Å². The predicted molar refractivity (Wildman–Crippen MR) is 51.7 cm³/mol. The molecule has 13 heavy (non-hydrogen) atoms. The van der Waals surface area contributed by atoms with Gasteiger partial charge < -0.3 is 10.0 Å². The molecule has 1 aliphatic rings. The molecule has 76 valence electrons. The number of carbonyl (C=O) groups is 1. The maximum Gasteiger partial charge on any atom is 0.226 e. The summed E-state index contributed by atoms with van der Waals surface area (Å²) in [6.45, 7) is 4.65. The van der Waals surface area contributed by atoms with E-state index in [0.29, 0.717) is 25.4 Å². The number of likely N-dealkylation sites (tertiary alicyclic amines) is 1. The van der Waals surface area contributed by atoms with Gasteiger partial charge in [-0.15, -0.1) is 11.6 Å². The molecule has 0 saturated carbocycles. The SMILES string of the molecule is CCC1(O)CN(C(=O)C(C)CCl)C1. The zero-order chi connectivity index (χ0) is 10.1. The lowest BCUT2D eigenvalue weighted by Crippen LogP contribution is -2.64. The summed E-state index contributed by atoms with van der Waals surface area (Å²) in [5.41, 5.74) is -0.637. The normalized spacial score (nSPS) is 22.3. The van der Waals surface area contributed by atoms with E-state index in [1.54, 1.807) is 11.8 Å². The molecule has 3 nitrogen and oxygen atoms in total. The maximum absolute atomic E-state index is 11.5. The van der Waals surface area contributed by atoms with Gasteiger partial charge >= 0.3 is 0 Å². The van der Waals surface area contributed by atoms with Gasteiger partial charge in [-0.25, -0.2) is 0 Å². The minimum absolute atomic E-state index is 0.0492. The minimum atomic E-state index is -0.637. The smallest absolute Gasteiger partial charge is 0.226 e. The first-order valence-corrected chi connectivity index (χ1v) is 5.13. The Kier molecular flexibility index (Phi) is 3.19. The predicted octanol–water partition coefficient (Wildman–Crippen LogP) is 0.845. The Labute approximate surface area is 83.7 Å². The highest BCUT2D eigenvalue weighted by atomic mass is 35.5. The second kappa shape index (κ2) is 3.84. The van der Waals surface area contributed by atoms with E-state index < -0.39 is 5.60 Å². The van der Waals surface area contributed by atoms with Crippen molar-refractivity contribution in [3.8, 4) is 0 Å². The van der Waals surface area contributed by atoms with Crippen LogP contribution in [0.15, 0.2) is 0 Å². The summed E-state index contributed by atoms with van der Waals surface area (Å²) in [5, 5.41) is 9.67. The lowest BCUT2D eigenvalue weighted by Gasteiger charge is -2.46. The summed E-state index contributed by atoms with van der Waals surface area (Å²) < 4.78 is 0. The number of β-amino-alcohol motifs (C(OH)–C–C–N with tert-alkyl or cyclic N) is 1. The third kappa shape index (κ3) is 2.15. The summed E-state index contributed by atoms with van der Waals surface area (Å²) in [5.74, 6) is 0.260. The third-order valence-electron chi connectivity index (χ3n) is 2.59. The lowest BCUT2D eigenvalue weighted by atomic mass is 9.90. The van der Waals surface area contributed by atoms with E-state index in [1.807, 2.05) is 6.92 Å². The van der Waals surface area contributed by atoms with E-state index in [9.17, 15) is 9.90 Å². The number of hydrogen-bond acceptors (Lipinski definition) is 2. The number of rotatable bonds is 3. The highest BCUT2D eigenvalue weighted by Gasteiger charge is 2.42. The lowest BCUT2D eigenvalue weighted by molar-refractivity contribution is -0.158. The summed E-state index contributed by atoms with van der Waals surface area (Å²) >= 11 is 5.57. The Morgan fingerprint density at radius 1 is 1.69 bits per heavy atom. The number of aliphatic hydroxyl groups is 1. The number of hydrogen-bond donors (Lipinski definition) is 1. The second-order valence-electron chi connectivity index (χ2n) is 3.83. The average Bonchev–Trinajstić information content (AvgIpc) is 2.10. The highest BCUT2D eigenvalue weighted by molar-refractivity contribution is 6.19. The van der Waals surface area contributed by atoms with Gasteiger partial charge in [0.1, 0.15) is 0 Å². The van der Waals surface area contributed by atoms with Crippen molar-refractivity contribution in [2.24, 2.45) is 5.92 Å². The Morgan fingerprint density at radius 2 is 2.23 bits per heavy atom. The molecule has 1 amide bonds. The molecule has 0 aromatic rings. The monoisotopic (exact) mass is 205 g/mol. The fraction of sp³-hybridized carbons (Fsp3) is 0.889. The largest absolute Gasteiger partial charge is 0.386 e. The molecule has 1 N–H and O–H groups in total. The number of carbonyl (C=O) groups excluding carboxylic acids is 1. The van der Waals surface area contributed by atoms with Gasteiger partial charge in [-0.2, -0.15) is 0 Å². The third-order valence-corrected chi connectivity index (χ3v) is 3.06. The highest BCUT2D eigenvalue weighted by Crippen LogP contribution is 2.25. The van der Waals surface area contributed by atoms with Crippen molar-refractivity contribution in [1.29, 1.82) is 0 Å². The molecule has 1 heterocycles. The molecule has 1 rings (SSSR count). The van der Waals surface area contributed by atoms with Crippen LogP contribution in [0, 0.1) is 5.92 Å². The van der Waals surface area contributed by atoms with Crippen LogP contribution in [0.1, 0.15) is 20.3 Å². The van der Waals surface area contributed by atoms with Gasteiger partial charge in [-0.05, 0) is 6.42 Å². The second-order valence-corrected chi connectivity index (χ2v) is 4.14. The maximum atomic E-state index is 11.5. The molecule has 4 heteroatoms. The molecule has 0 aliphatic carbocycles. The van der Waals surface area contributed by atoms with Crippen LogP contribution < -0.4 is 0 Å². The Balaban J connectivity index is 2.39. The van der Waals surface area contributed by atoms with Crippen LogP contribution in [0.25, 0.3) is 0 Å². The van der Waals surface area contributed by atoms with Gasteiger partial charge in [0.15, 0.2) is 0 Å². The topological polar surface area (TPSA) is 40.5 Å². The zero-order valence-corrected chi connectivity index (χ0v) is 8.84. The van der Waals surface area contributed by atoms with Crippen LogP contribution >= 0.6 is 11.6 Å². The quantitative estimate of drug-likeness (QED) is 0.694. The molecule has 1 fully saturated rings. The van der Waals surface area contributed by atoms with Crippen LogP contribution in [0.5, 0.6) is 0 Å². The molecule has 1 saturated heterocycles. The molecular formula is C9H16ClNO2. The van der Waals surface area contributed by atoms with E-state index in [2.05, 4.69) is 0 Å². The standard InChI is InChI=1S/C9H16ClNO2/c1-3-9(13)5-11(6-9)8(12)7(2)4-10/h7,13H,3-6H2,1-2H3. The molecule has 0 aromatic heterocycles. The Bertz CT molecular complexity index is 202. The summed E-state index contributed by atoms with van der Waals surface area (Å²) in [6, 6.07) is 0. The number of amides is 1. The van der Waals surface area contributed by atoms with Crippen molar-refractivity contribution in [3.05, 3.63) is 0 Å². The van der Waals surface area contributed by atoms with Crippen LogP contribution in [0.4, 0.5) is 0 Å². The molecule has 0 aromatic carbocycles. The van der Waals surface area contributed by atoms with Gasteiger partial charge in [0, 0.05) is 11.8 Å². The molecule has 1 atom stereocenters. The molecule has 0 spiro atoms. The molecule has 0 bridgehead atoms. The van der Waals surface area contributed by atoms with Crippen LogP contribution in [0.2, 0.25) is 0 Å². The van der Waals surface area contributed by atoms with Gasteiger partial charge in [-0.3, -0.25) is 4.79 Å². The summed E-state index contributed by atoms with van der Waals surface area (Å²) in [6.07, 6.45) is 0.700. The van der Waals surface area contributed by atoms with Crippen LogP contribution in [-0.2, 0) is 4.79 Å². The van der Waals surface area contributed by atoms with Crippen molar-refractivity contribution < 1.29 is 9.90 Å². The van der Waals surface area contributed by atoms with E-state index in [4.69, 9.17) is 11.6 Å². The van der Waals surface area contributed by atoms with E-state index in [0.717, 1.165) is 0 Å². The zero-order valence-electron chi connectivity index (χ0n) is 8.09. The van der Waals surface area contributed by atoms with Crippen molar-refractivity contribution >= 4 is 17.5 Å². The van der Waals surface area contributed by atoms with Crippen molar-refractivity contribution in [2.75, 3.05) is 19.0 Å². The van der Waals surface area contributed by atoms with Gasteiger partial charge in [-0.1, -0.05) is 13.8 Å². The van der Waals surface area contributed by atoms with Crippen molar-refractivity contribution in [2.45, 2.75) is 25.9 Å².